The number of H-pyrrole nitrogens is 1. The van der Waals surface area contributed by atoms with Gasteiger partial charge in [0.2, 0.25) is 21.5 Å². The van der Waals surface area contributed by atoms with E-state index in [4.69, 9.17) is 0 Å². The maximum Gasteiger partial charge on any atom is 0.248 e. The molecule has 166 valence electrons. The lowest BCUT2D eigenvalue weighted by Crippen LogP contribution is -2.43. The van der Waals surface area contributed by atoms with Gasteiger partial charge in [0.1, 0.15) is 0 Å². The van der Waals surface area contributed by atoms with Gasteiger partial charge in [-0.3, -0.25) is 14.4 Å². The van der Waals surface area contributed by atoms with E-state index in [0.717, 1.165) is 0 Å². The normalized spacial score (nSPS) is 17.2. The molecule has 1 aliphatic rings. The Bertz CT molecular complexity index is 1360. The van der Waals surface area contributed by atoms with Gasteiger partial charge in [0.25, 0.3) is 0 Å². The molecular formula is C23H23N3O5S. The summed E-state index contributed by atoms with van der Waals surface area (Å²) in [5.74, 6) is -0.881. The van der Waals surface area contributed by atoms with Crippen LogP contribution in [0.1, 0.15) is 30.1 Å². The van der Waals surface area contributed by atoms with Crippen molar-refractivity contribution >= 4 is 38.3 Å². The molecule has 9 heteroatoms. The zero-order chi connectivity index (χ0) is 22.9. The van der Waals surface area contributed by atoms with Gasteiger partial charge >= 0.3 is 0 Å². The Labute approximate surface area is 185 Å². The fourth-order valence-corrected chi connectivity index (χ4v) is 5.44. The average Bonchev–Trinajstić information content (AvgIpc) is 2.79. The van der Waals surface area contributed by atoms with E-state index < -0.39 is 15.9 Å². The number of carbonyl (C=O) groups is 2. The molecule has 2 heterocycles. The number of amides is 1. The van der Waals surface area contributed by atoms with E-state index in [9.17, 15) is 22.8 Å². The molecule has 2 N–H and O–H groups in total. The van der Waals surface area contributed by atoms with Crippen molar-refractivity contribution < 1.29 is 18.0 Å². The van der Waals surface area contributed by atoms with Gasteiger partial charge in [-0.15, -0.1) is 0 Å². The first-order chi connectivity index (χ1) is 15.2. The molecule has 1 fully saturated rings. The highest BCUT2D eigenvalue weighted by molar-refractivity contribution is 7.89. The molecule has 0 aliphatic carbocycles. The molecule has 4 rings (SSSR count). The summed E-state index contributed by atoms with van der Waals surface area (Å²) in [6, 6.07) is 14.2. The Morgan fingerprint density at radius 3 is 2.69 bits per heavy atom. The Morgan fingerprint density at radius 2 is 1.91 bits per heavy atom. The summed E-state index contributed by atoms with van der Waals surface area (Å²) in [4.78, 5) is 38.6. The minimum absolute atomic E-state index is 0.0736. The van der Waals surface area contributed by atoms with Gasteiger partial charge in [0.15, 0.2) is 5.78 Å². The second-order valence-corrected chi connectivity index (χ2v) is 9.84. The maximum atomic E-state index is 13.2. The summed E-state index contributed by atoms with van der Waals surface area (Å²) in [6.07, 6.45) is 1.13. The van der Waals surface area contributed by atoms with Crippen molar-refractivity contribution in [1.82, 2.24) is 9.29 Å². The van der Waals surface area contributed by atoms with Crippen LogP contribution in [0, 0.1) is 5.92 Å². The average molecular weight is 454 g/mol. The molecule has 0 radical (unpaired) electrons. The van der Waals surface area contributed by atoms with Gasteiger partial charge in [-0.1, -0.05) is 12.1 Å². The number of aromatic nitrogens is 1. The van der Waals surface area contributed by atoms with Crippen molar-refractivity contribution in [3.63, 3.8) is 0 Å². The van der Waals surface area contributed by atoms with Crippen molar-refractivity contribution in [2.75, 3.05) is 18.4 Å². The number of benzene rings is 2. The van der Waals surface area contributed by atoms with Crippen LogP contribution in [0.2, 0.25) is 0 Å². The van der Waals surface area contributed by atoms with Crippen LogP contribution in [0.4, 0.5) is 5.69 Å². The van der Waals surface area contributed by atoms with E-state index in [1.54, 1.807) is 36.4 Å². The number of nitrogens with one attached hydrogen (secondary N) is 2. The number of ketones is 1. The molecule has 3 aromatic rings. The molecule has 8 nitrogen and oxygen atoms in total. The summed E-state index contributed by atoms with van der Waals surface area (Å²) in [6.45, 7) is 1.86. The number of aromatic amines is 1. The Kier molecular flexibility index (Phi) is 5.94. The van der Waals surface area contributed by atoms with Gasteiger partial charge in [-0.05, 0) is 61.5 Å². The van der Waals surface area contributed by atoms with E-state index in [0.29, 0.717) is 41.5 Å². The molecule has 32 heavy (non-hydrogen) atoms. The third-order valence-corrected chi connectivity index (χ3v) is 7.49. The van der Waals surface area contributed by atoms with Gasteiger partial charge in [-0.2, -0.15) is 4.31 Å². The van der Waals surface area contributed by atoms with Gasteiger partial charge < -0.3 is 10.3 Å². The summed E-state index contributed by atoms with van der Waals surface area (Å²) >= 11 is 0. The highest BCUT2D eigenvalue weighted by Crippen LogP contribution is 2.26. The number of carbonyl (C=O) groups excluding carboxylic acids is 2. The molecule has 0 bridgehead atoms. The first-order valence-corrected chi connectivity index (χ1v) is 11.7. The highest BCUT2D eigenvalue weighted by Gasteiger charge is 2.33. The quantitative estimate of drug-likeness (QED) is 0.576. The lowest BCUT2D eigenvalue weighted by atomic mass is 9.98. The number of sulfonamides is 1. The summed E-state index contributed by atoms with van der Waals surface area (Å²) < 4.78 is 27.8. The minimum atomic E-state index is -3.80. The molecule has 2 aromatic carbocycles. The molecule has 1 atom stereocenters. The SMILES string of the molecule is CC(=O)c1cccc(NC(=O)C2CCCN(S(=O)(=O)c3ccc4[nH]c(=O)ccc4c3)C2)c1. The smallest absolute Gasteiger partial charge is 0.248 e. The molecule has 1 amide bonds. The largest absolute Gasteiger partial charge is 0.326 e. The fraction of sp³-hybridized carbons (Fsp3) is 0.261. The van der Waals surface area contributed by atoms with Crippen molar-refractivity contribution in [2.24, 2.45) is 5.92 Å². The van der Waals surface area contributed by atoms with Crippen LogP contribution in [0.15, 0.2) is 64.3 Å². The summed E-state index contributed by atoms with van der Waals surface area (Å²) in [7, 11) is -3.80. The number of anilines is 1. The topological polar surface area (TPSA) is 116 Å². The van der Waals surface area contributed by atoms with Crippen molar-refractivity contribution in [1.29, 1.82) is 0 Å². The zero-order valence-electron chi connectivity index (χ0n) is 17.5. The molecule has 0 saturated carbocycles. The monoisotopic (exact) mass is 453 g/mol. The van der Waals surface area contributed by atoms with Gasteiger partial charge in [0.05, 0.1) is 10.8 Å². The molecule has 1 saturated heterocycles. The highest BCUT2D eigenvalue weighted by atomic mass is 32.2. The van der Waals surface area contributed by atoms with Crippen molar-refractivity contribution in [3.8, 4) is 0 Å². The number of rotatable bonds is 5. The Balaban J connectivity index is 1.52. The molecule has 1 aliphatic heterocycles. The van der Waals surface area contributed by atoms with Crippen LogP contribution in [-0.4, -0.2) is 42.5 Å². The van der Waals surface area contributed by atoms with Crippen molar-refractivity contribution in [3.05, 3.63) is 70.5 Å². The first-order valence-electron chi connectivity index (χ1n) is 10.3. The lowest BCUT2D eigenvalue weighted by molar-refractivity contribution is -0.120. The summed E-state index contributed by atoms with van der Waals surface area (Å²) in [5.41, 5.74) is 1.30. The lowest BCUT2D eigenvalue weighted by Gasteiger charge is -2.31. The second-order valence-electron chi connectivity index (χ2n) is 7.90. The predicted molar refractivity (Wildman–Crippen MR) is 121 cm³/mol. The van der Waals surface area contributed by atoms with E-state index in [1.165, 1.54) is 29.4 Å². The number of piperidine rings is 1. The van der Waals surface area contributed by atoms with Crippen LogP contribution in [0.5, 0.6) is 0 Å². The fourth-order valence-electron chi connectivity index (χ4n) is 3.88. The molecular weight excluding hydrogens is 430 g/mol. The molecule has 1 unspecified atom stereocenters. The standard InChI is InChI=1S/C23H23N3O5S/c1-15(27)16-4-2-6-19(12-16)24-23(29)18-5-3-11-26(14-18)32(30,31)20-8-9-21-17(13-20)7-10-22(28)25-21/h2,4,6-10,12-13,18H,3,5,11,14H2,1H3,(H,24,29)(H,25,28). The van der Waals surface area contributed by atoms with Gasteiger partial charge in [0, 0.05) is 35.9 Å². The predicted octanol–water partition coefficient (Wildman–Crippen LogP) is 2.77. The zero-order valence-corrected chi connectivity index (χ0v) is 18.3. The van der Waals surface area contributed by atoms with E-state index >= 15 is 0 Å². The van der Waals surface area contributed by atoms with Crippen LogP contribution in [0.3, 0.4) is 0 Å². The third-order valence-electron chi connectivity index (χ3n) is 5.62. The molecule has 1 aromatic heterocycles. The maximum absolute atomic E-state index is 13.2. The number of fused-ring (bicyclic) bond motifs is 1. The first kappa shape index (κ1) is 21.9. The minimum Gasteiger partial charge on any atom is -0.326 e. The Hall–Kier alpha value is -3.30. The van der Waals surface area contributed by atoms with E-state index in [-0.39, 0.29) is 28.7 Å². The number of nitrogens with zero attached hydrogens (tertiary/aromatic N) is 1. The molecule has 0 spiro atoms. The van der Waals surface area contributed by atoms with Crippen LogP contribution >= 0.6 is 0 Å². The number of hydrogen-bond donors (Lipinski definition) is 2. The Morgan fingerprint density at radius 1 is 1.09 bits per heavy atom. The third kappa shape index (κ3) is 4.49. The van der Waals surface area contributed by atoms with E-state index in [2.05, 4.69) is 10.3 Å². The number of Topliss-reactive ketones (excluding diaryl/α,β-unsaturated/α-hetero) is 1. The van der Waals surface area contributed by atoms with Crippen LogP contribution < -0.4 is 10.9 Å². The van der Waals surface area contributed by atoms with Crippen LogP contribution in [-0.2, 0) is 14.8 Å². The number of hydrogen-bond acceptors (Lipinski definition) is 5. The second kappa shape index (κ2) is 8.68. The van der Waals surface area contributed by atoms with Crippen LogP contribution in [0.25, 0.3) is 10.9 Å². The summed E-state index contributed by atoms with van der Waals surface area (Å²) in [5, 5.41) is 3.42. The number of pyridine rings is 1. The van der Waals surface area contributed by atoms with Crippen molar-refractivity contribution in [2.45, 2.75) is 24.7 Å². The van der Waals surface area contributed by atoms with E-state index in [1.807, 2.05) is 0 Å². The van der Waals surface area contributed by atoms with Gasteiger partial charge in [-0.25, -0.2) is 8.42 Å².